The molecule has 2 N–H and O–H groups in total. The standard InChI is InChI=1S/C21H23N3O4/c1-14(2)13-20(26)23-16-9-7-15(8-10-16)22-19(25)11-12-24-17-5-3-4-6-18(17)28-21(24)27/h3-10,14H,11-13H2,1-2H3,(H,22,25)(H,23,26). The lowest BCUT2D eigenvalue weighted by molar-refractivity contribution is -0.117. The molecule has 0 saturated heterocycles. The molecule has 7 heteroatoms. The minimum absolute atomic E-state index is 0.0374. The molecule has 3 rings (SSSR count). The third kappa shape index (κ3) is 4.88. The molecule has 28 heavy (non-hydrogen) atoms. The molecule has 2 aromatic carbocycles. The van der Waals surface area contributed by atoms with Gasteiger partial charge in [0, 0.05) is 30.8 Å². The predicted molar refractivity (Wildman–Crippen MR) is 108 cm³/mol. The van der Waals surface area contributed by atoms with Gasteiger partial charge in [-0.05, 0) is 42.3 Å². The first kappa shape index (κ1) is 19.4. The third-order valence-electron chi connectivity index (χ3n) is 4.18. The van der Waals surface area contributed by atoms with Gasteiger partial charge in [0.15, 0.2) is 5.58 Å². The number of carbonyl (C=O) groups excluding carboxylic acids is 2. The van der Waals surface area contributed by atoms with E-state index < -0.39 is 5.76 Å². The predicted octanol–water partition coefficient (Wildman–Crippen LogP) is 3.61. The van der Waals surface area contributed by atoms with E-state index in [1.165, 1.54) is 4.57 Å². The van der Waals surface area contributed by atoms with Crippen LogP contribution in [0.1, 0.15) is 26.7 Å². The van der Waals surface area contributed by atoms with E-state index in [-0.39, 0.29) is 24.8 Å². The Kier molecular flexibility index (Phi) is 5.93. The van der Waals surface area contributed by atoms with E-state index in [0.717, 1.165) is 0 Å². The molecule has 0 bridgehead atoms. The van der Waals surface area contributed by atoms with Crippen molar-refractivity contribution in [3.05, 3.63) is 59.1 Å². The van der Waals surface area contributed by atoms with Gasteiger partial charge in [-0.2, -0.15) is 0 Å². The summed E-state index contributed by atoms with van der Waals surface area (Å²) in [5.74, 6) is -0.438. The van der Waals surface area contributed by atoms with E-state index >= 15 is 0 Å². The number of nitrogens with one attached hydrogen (secondary N) is 2. The van der Waals surface area contributed by atoms with Crippen molar-refractivity contribution in [3.8, 4) is 0 Å². The summed E-state index contributed by atoms with van der Waals surface area (Å²) in [6.45, 7) is 4.20. The second kappa shape index (κ2) is 8.56. The average molecular weight is 381 g/mol. The van der Waals surface area contributed by atoms with Gasteiger partial charge in [0.1, 0.15) is 0 Å². The number of oxazole rings is 1. The van der Waals surface area contributed by atoms with Crippen molar-refractivity contribution >= 4 is 34.3 Å². The Morgan fingerprint density at radius 1 is 0.964 bits per heavy atom. The molecule has 1 heterocycles. The number of hydrogen-bond acceptors (Lipinski definition) is 4. The van der Waals surface area contributed by atoms with E-state index in [9.17, 15) is 14.4 Å². The Balaban J connectivity index is 1.55. The second-order valence-electron chi connectivity index (χ2n) is 7.01. The summed E-state index contributed by atoms with van der Waals surface area (Å²) in [6, 6.07) is 14.0. The summed E-state index contributed by atoms with van der Waals surface area (Å²) in [5.41, 5.74) is 2.47. The molecular weight excluding hydrogens is 358 g/mol. The quantitative estimate of drug-likeness (QED) is 0.654. The van der Waals surface area contributed by atoms with Crippen molar-refractivity contribution < 1.29 is 14.0 Å². The highest BCUT2D eigenvalue weighted by atomic mass is 16.4. The first-order valence-electron chi connectivity index (χ1n) is 9.20. The van der Waals surface area contributed by atoms with Gasteiger partial charge in [0.2, 0.25) is 11.8 Å². The van der Waals surface area contributed by atoms with E-state index in [4.69, 9.17) is 4.42 Å². The van der Waals surface area contributed by atoms with Gasteiger partial charge < -0.3 is 15.1 Å². The number of benzene rings is 2. The molecule has 2 amide bonds. The van der Waals surface area contributed by atoms with Crippen molar-refractivity contribution in [1.29, 1.82) is 0 Å². The van der Waals surface area contributed by atoms with Gasteiger partial charge in [0.25, 0.3) is 0 Å². The molecule has 0 saturated carbocycles. The van der Waals surface area contributed by atoms with E-state index in [2.05, 4.69) is 10.6 Å². The zero-order chi connectivity index (χ0) is 20.1. The van der Waals surface area contributed by atoms with Crippen molar-refractivity contribution in [2.45, 2.75) is 33.2 Å². The van der Waals surface area contributed by atoms with E-state index in [1.807, 2.05) is 19.9 Å². The van der Waals surface area contributed by atoms with Crippen LogP contribution in [0.15, 0.2) is 57.7 Å². The van der Waals surface area contributed by atoms with E-state index in [0.29, 0.717) is 34.8 Å². The molecule has 0 unspecified atom stereocenters. The minimum Gasteiger partial charge on any atom is -0.408 e. The Bertz CT molecular complexity index is 1030. The maximum atomic E-state index is 12.2. The molecule has 1 aromatic heterocycles. The average Bonchev–Trinajstić information content (AvgIpc) is 2.96. The number of aryl methyl sites for hydroxylation is 1. The molecule has 0 aliphatic carbocycles. The number of amides is 2. The summed E-state index contributed by atoms with van der Waals surface area (Å²) in [5, 5.41) is 5.61. The fraction of sp³-hybridized carbons (Fsp3) is 0.286. The Morgan fingerprint density at radius 2 is 1.57 bits per heavy atom. The number of aromatic nitrogens is 1. The van der Waals surface area contributed by atoms with Gasteiger partial charge in [-0.3, -0.25) is 14.2 Å². The van der Waals surface area contributed by atoms with Gasteiger partial charge >= 0.3 is 5.76 Å². The first-order valence-corrected chi connectivity index (χ1v) is 9.20. The molecule has 0 aliphatic rings. The van der Waals surface area contributed by atoms with Crippen LogP contribution < -0.4 is 16.4 Å². The molecule has 0 spiro atoms. The Labute approximate surface area is 162 Å². The van der Waals surface area contributed by atoms with E-state index in [1.54, 1.807) is 42.5 Å². The molecule has 3 aromatic rings. The number of fused-ring (bicyclic) bond motifs is 1. The van der Waals surface area contributed by atoms with Crippen LogP contribution in [0.25, 0.3) is 11.1 Å². The van der Waals surface area contributed by atoms with Crippen LogP contribution in [-0.4, -0.2) is 16.4 Å². The number of para-hydroxylation sites is 2. The summed E-state index contributed by atoms with van der Waals surface area (Å²) in [6.07, 6.45) is 0.594. The van der Waals surface area contributed by atoms with Gasteiger partial charge in [0.05, 0.1) is 5.52 Å². The van der Waals surface area contributed by atoms with Crippen LogP contribution in [-0.2, 0) is 16.1 Å². The molecule has 0 radical (unpaired) electrons. The van der Waals surface area contributed by atoms with Crippen LogP contribution >= 0.6 is 0 Å². The normalized spacial score (nSPS) is 11.0. The fourth-order valence-corrected chi connectivity index (χ4v) is 2.88. The fourth-order valence-electron chi connectivity index (χ4n) is 2.88. The molecule has 7 nitrogen and oxygen atoms in total. The number of carbonyl (C=O) groups is 2. The summed E-state index contributed by atoms with van der Waals surface area (Å²) in [4.78, 5) is 35.9. The molecule has 0 atom stereocenters. The molecule has 146 valence electrons. The van der Waals surface area contributed by atoms with Crippen LogP contribution in [0.3, 0.4) is 0 Å². The molecule has 0 fully saturated rings. The van der Waals surface area contributed by atoms with Crippen molar-refractivity contribution in [2.24, 2.45) is 5.92 Å². The van der Waals surface area contributed by atoms with Gasteiger partial charge in [-0.15, -0.1) is 0 Å². The molecule has 0 aliphatic heterocycles. The SMILES string of the molecule is CC(C)CC(=O)Nc1ccc(NC(=O)CCn2c(=O)oc3ccccc32)cc1. The monoisotopic (exact) mass is 381 g/mol. The van der Waals surface area contributed by atoms with Gasteiger partial charge in [-0.25, -0.2) is 4.79 Å². The zero-order valence-electron chi connectivity index (χ0n) is 15.9. The number of nitrogens with zero attached hydrogens (tertiary/aromatic N) is 1. The lowest BCUT2D eigenvalue weighted by atomic mass is 10.1. The summed E-state index contributed by atoms with van der Waals surface area (Å²) >= 11 is 0. The topological polar surface area (TPSA) is 93.3 Å². The van der Waals surface area contributed by atoms with Crippen LogP contribution in [0.4, 0.5) is 11.4 Å². The minimum atomic E-state index is -0.476. The first-order chi connectivity index (χ1) is 13.4. The van der Waals surface area contributed by atoms with Crippen LogP contribution in [0.2, 0.25) is 0 Å². The van der Waals surface area contributed by atoms with Crippen molar-refractivity contribution in [3.63, 3.8) is 0 Å². The number of rotatable bonds is 7. The van der Waals surface area contributed by atoms with Gasteiger partial charge in [-0.1, -0.05) is 26.0 Å². The Morgan fingerprint density at radius 3 is 2.21 bits per heavy atom. The number of anilines is 2. The second-order valence-corrected chi connectivity index (χ2v) is 7.01. The summed E-state index contributed by atoms with van der Waals surface area (Å²) < 4.78 is 6.61. The molecular formula is C21H23N3O4. The summed E-state index contributed by atoms with van der Waals surface area (Å²) in [7, 11) is 0. The number of hydrogen-bond donors (Lipinski definition) is 2. The van der Waals surface area contributed by atoms with Crippen LogP contribution in [0, 0.1) is 5.92 Å². The largest absolute Gasteiger partial charge is 0.419 e. The van der Waals surface area contributed by atoms with Crippen molar-refractivity contribution in [2.75, 3.05) is 10.6 Å². The highest BCUT2D eigenvalue weighted by Gasteiger charge is 2.11. The smallest absolute Gasteiger partial charge is 0.408 e. The maximum absolute atomic E-state index is 12.2. The van der Waals surface area contributed by atoms with Crippen LogP contribution in [0.5, 0.6) is 0 Å². The third-order valence-corrected chi connectivity index (χ3v) is 4.18. The highest BCUT2D eigenvalue weighted by Crippen LogP contribution is 2.16. The lowest BCUT2D eigenvalue weighted by Crippen LogP contribution is -2.19. The zero-order valence-corrected chi connectivity index (χ0v) is 15.9. The lowest BCUT2D eigenvalue weighted by Gasteiger charge is -2.09. The van der Waals surface area contributed by atoms with Crippen molar-refractivity contribution in [1.82, 2.24) is 4.57 Å². The maximum Gasteiger partial charge on any atom is 0.419 e. The highest BCUT2D eigenvalue weighted by molar-refractivity contribution is 5.93. The Hall–Kier alpha value is -3.35.